The number of rotatable bonds is 5. The molecule has 1 heterocycles. The fraction of sp³-hybridized carbons (Fsp3) is 0.375. The standard InChI is InChI=1S/C16H21N3O/c1-11(2)13-6-5-7-15(8-13)20-16-18-10-14(9-17-4)12(3)19-16/h5-8,10-11,17H,9H2,1-4H3. The van der Waals surface area contributed by atoms with Gasteiger partial charge in [-0.2, -0.15) is 4.98 Å². The van der Waals surface area contributed by atoms with Gasteiger partial charge in [-0.1, -0.05) is 26.0 Å². The number of hydrogen-bond donors (Lipinski definition) is 1. The summed E-state index contributed by atoms with van der Waals surface area (Å²) in [5.41, 5.74) is 3.26. The van der Waals surface area contributed by atoms with Gasteiger partial charge in [-0.05, 0) is 37.6 Å². The van der Waals surface area contributed by atoms with Crippen molar-refractivity contribution in [2.45, 2.75) is 33.2 Å². The third-order valence-corrected chi connectivity index (χ3v) is 3.16. The molecule has 4 nitrogen and oxygen atoms in total. The topological polar surface area (TPSA) is 47.0 Å². The first-order valence-electron chi connectivity index (χ1n) is 6.85. The van der Waals surface area contributed by atoms with Crippen LogP contribution < -0.4 is 10.1 Å². The Morgan fingerprint density at radius 2 is 2.10 bits per heavy atom. The maximum atomic E-state index is 5.74. The van der Waals surface area contributed by atoms with E-state index in [2.05, 4.69) is 35.2 Å². The van der Waals surface area contributed by atoms with Gasteiger partial charge in [-0.3, -0.25) is 0 Å². The quantitative estimate of drug-likeness (QED) is 0.905. The minimum Gasteiger partial charge on any atom is -0.424 e. The summed E-state index contributed by atoms with van der Waals surface area (Å²) in [6.07, 6.45) is 1.81. The summed E-state index contributed by atoms with van der Waals surface area (Å²) >= 11 is 0. The highest BCUT2D eigenvalue weighted by atomic mass is 16.5. The average Bonchev–Trinajstić information content (AvgIpc) is 2.42. The van der Waals surface area contributed by atoms with Crippen LogP contribution in [0.2, 0.25) is 0 Å². The molecule has 0 spiro atoms. The maximum absolute atomic E-state index is 5.74. The van der Waals surface area contributed by atoms with E-state index in [9.17, 15) is 0 Å². The van der Waals surface area contributed by atoms with Gasteiger partial charge in [0, 0.05) is 24.0 Å². The molecule has 0 unspecified atom stereocenters. The number of nitrogens with zero attached hydrogens (tertiary/aromatic N) is 2. The van der Waals surface area contributed by atoms with E-state index in [-0.39, 0.29) is 0 Å². The minimum atomic E-state index is 0.392. The van der Waals surface area contributed by atoms with Gasteiger partial charge >= 0.3 is 6.01 Å². The number of ether oxygens (including phenoxy) is 1. The number of aromatic nitrogens is 2. The monoisotopic (exact) mass is 271 g/mol. The second kappa shape index (κ2) is 6.48. The lowest BCUT2D eigenvalue weighted by Crippen LogP contribution is -2.08. The van der Waals surface area contributed by atoms with Crippen LogP contribution in [-0.2, 0) is 6.54 Å². The first-order valence-corrected chi connectivity index (χ1v) is 6.85. The molecule has 0 aliphatic heterocycles. The zero-order valence-electron chi connectivity index (χ0n) is 12.5. The van der Waals surface area contributed by atoms with E-state index in [1.807, 2.05) is 32.2 Å². The second-order valence-corrected chi connectivity index (χ2v) is 5.12. The molecular formula is C16H21N3O. The van der Waals surface area contributed by atoms with Crippen LogP contribution in [0.1, 0.15) is 36.6 Å². The lowest BCUT2D eigenvalue weighted by atomic mass is 10.0. The normalized spacial score (nSPS) is 10.8. The Kier molecular flexibility index (Phi) is 4.69. The molecule has 0 aliphatic carbocycles. The van der Waals surface area contributed by atoms with E-state index in [0.717, 1.165) is 23.6 Å². The van der Waals surface area contributed by atoms with E-state index in [1.165, 1.54) is 5.56 Å². The molecule has 0 amide bonds. The molecule has 1 aromatic heterocycles. The van der Waals surface area contributed by atoms with Crippen LogP contribution in [0.15, 0.2) is 30.5 Å². The lowest BCUT2D eigenvalue weighted by Gasteiger charge is -2.10. The van der Waals surface area contributed by atoms with Crippen molar-refractivity contribution in [1.82, 2.24) is 15.3 Å². The molecule has 2 aromatic rings. The van der Waals surface area contributed by atoms with Gasteiger partial charge in [0.15, 0.2) is 0 Å². The molecule has 4 heteroatoms. The molecule has 0 saturated heterocycles. The van der Waals surface area contributed by atoms with Gasteiger partial charge in [0.05, 0.1) is 0 Å². The Morgan fingerprint density at radius 1 is 1.30 bits per heavy atom. The highest BCUT2D eigenvalue weighted by Crippen LogP contribution is 2.23. The third-order valence-electron chi connectivity index (χ3n) is 3.16. The molecule has 2 rings (SSSR count). The van der Waals surface area contributed by atoms with Crippen molar-refractivity contribution in [3.63, 3.8) is 0 Å². The zero-order valence-corrected chi connectivity index (χ0v) is 12.5. The molecular weight excluding hydrogens is 250 g/mol. The van der Waals surface area contributed by atoms with Crippen molar-refractivity contribution in [3.8, 4) is 11.8 Å². The summed E-state index contributed by atoms with van der Waals surface area (Å²) in [6, 6.07) is 8.44. The van der Waals surface area contributed by atoms with E-state index in [1.54, 1.807) is 6.20 Å². The highest BCUT2D eigenvalue weighted by Gasteiger charge is 2.06. The van der Waals surface area contributed by atoms with E-state index in [0.29, 0.717) is 11.9 Å². The van der Waals surface area contributed by atoms with Crippen molar-refractivity contribution in [3.05, 3.63) is 47.3 Å². The predicted octanol–water partition coefficient (Wildman–Crippen LogP) is 3.42. The molecule has 106 valence electrons. The van der Waals surface area contributed by atoms with Crippen LogP contribution in [0.5, 0.6) is 11.8 Å². The fourth-order valence-corrected chi connectivity index (χ4v) is 1.93. The van der Waals surface area contributed by atoms with Gasteiger partial charge in [0.25, 0.3) is 0 Å². The van der Waals surface area contributed by atoms with Gasteiger partial charge in [0.2, 0.25) is 0 Å². The third kappa shape index (κ3) is 3.54. The Morgan fingerprint density at radius 3 is 2.75 bits per heavy atom. The lowest BCUT2D eigenvalue weighted by molar-refractivity contribution is 0.438. The molecule has 0 bridgehead atoms. The van der Waals surface area contributed by atoms with E-state index < -0.39 is 0 Å². The summed E-state index contributed by atoms with van der Waals surface area (Å²) in [5.74, 6) is 1.25. The second-order valence-electron chi connectivity index (χ2n) is 5.12. The van der Waals surface area contributed by atoms with Gasteiger partial charge in [-0.15, -0.1) is 0 Å². The fourth-order valence-electron chi connectivity index (χ4n) is 1.93. The number of benzene rings is 1. The molecule has 1 N–H and O–H groups in total. The van der Waals surface area contributed by atoms with E-state index >= 15 is 0 Å². The Hall–Kier alpha value is -1.94. The van der Waals surface area contributed by atoms with Crippen molar-refractivity contribution >= 4 is 0 Å². The summed E-state index contributed by atoms with van der Waals surface area (Å²) in [4.78, 5) is 8.64. The van der Waals surface area contributed by atoms with Crippen LogP contribution in [0.4, 0.5) is 0 Å². The maximum Gasteiger partial charge on any atom is 0.322 e. The molecule has 20 heavy (non-hydrogen) atoms. The average molecular weight is 271 g/mol. The van der Waals surface area contributed by atoms with Crippen molar-refractivity contribution in [2.75, 3.05) is 7.05 Å². The van der Waals surface area contributed by atoms with Crippen LogP contribution in [0.25, 0.3) is 0 Å². The van der Waals surface area contributed by atoms with Gasteiger partial charge < -0.3 is 10.1 Å². The van der Waals surface area contributed by atoms with Crippen molar-refractivity contribution in [2.24, 2.45) is 0 Å². The van der Waals surface area contributed by atoms with Gasteiger partial charge in [-0.25, -0.2) is 4.98 Å². The predicted molar refractivity (Wildman–Crippen MR) is 80.1 cm³/mol. The summed E-state index contributed by atoms with van der Waals surface area (Å²) in [7, 11) is 1.90. The minimum absolute atomic E-state index is 0.392. The van der Waals surface area contributed by atoms with Crippen LogP contribution in [0.3, 0.4) is 0 Å². The molecule has 0 fully saturated rings. The SMILES string of the molecule is CNCc1cnc(Oc2cccc(C(C)C)c2)nc1C. The summed E-state index contributed by atoms with van der Waals surface area (Å²) < 4.78 is 5.74. The number of aryl methyl sites for hydroxylation is 1. The largest absolute Gasteiger partial charge is 0.424 e. The molecule has 0 aliphatic rings. The Labute approximate surface area is 120 Å². The molecule has 0 atom stereocenters. The molecule has 0 saturated carbocycles. The molecule has 1 aromatic carbocycles. The Bertz CT molecular complexity index is 582. The zero-order chi connectivity index (χ0) is 14.5. The van der Waals surface area contributed by atoms with Crippen molar-refractivity contribution < 1.29 is 4.74 Å². The highest BCUT2D eigenvalue weighted by molar-refractivity contribution is 5.32. The summed E-state index contributed by atoms with van der Waals surface area (Å²) in [6.45, 7) is 7.04. The first-order chi connectivity index (χ1) is 9.60. The van der Waals surface area contributed by atoms with Crippen LogP contribution in [-0.4, -0.2) is 17.0 Å². The van der Waals surface area contributed by atoms with E-state index in [4.69, 9.17) is 4.74 Å². The van der Waals surface area contributed by atoms with Crippen molar-refractivity contribution in [1.29, 1.82) is 0 Å². The summed E-state index contributed by atoms with van der Waals surface area (Å²) in [5, 5.41) is 3.09. The number of nitrogens with one attached hydrogen (secondary N) is 1. The Balaban J connectivity index is 2.17. The van der Waals surface area contributed by atoms with Crippen LogP contribution >= 0.6 is 0 Å². The number of hydrogen-bond acceptors (Lipinski definition) is 4. The first kappa shape index (κ1) is 14.5. The van der Waals surface area contributed by atoms with Gasteiger partial charge in [0.1, 0.15) is 5.75 Å². The molecule has 0 radical (unpaired) electrons. The smallest absolute Gasteiger partial charge is 0.322 e. The van der Waals surface area contributed by atoms with Crippen LogP contribution in [0, 0.1) is 6.92 Å².